The molecule has 4 heterocycles. The van der Waals surface area contributed by atoms with Gasteiger partial charge in [-0.1, -0.05) is 18.2 Å². The summed E-state index contributed by atoms with van der Waals surface area (Å²) in [6.07, 6.45) is -0.947. The highest BCUT2D eigenvalue weighted by Gasteiger charge is 2.71. The molecule has 6 rings (SSSR count). The van der Waals surface area contributed by atoms with E-state index in [1.165, 1.54) is 4.90 Å². The standard InChI is InChI=1S/C25H25N3O6/c1-11-4-6-15-20(12(11)2)26-24(32)25(15)19-18(21(27-25)13(3)29)22(30)28(23(19)31)9-14-5-7-16-17(8-14)34-10-33-16/h4-8,13,18-19,21,27,29H,9-10H2,1-3H3,(H,26,32)/t13-,18+,19-,21+,25+/m1/s1. The first kappa shape index (κ1) is 21.1. The number of amides is 3. The van der Waals surface area contributed by atoms with Crippen molar-refractivity contribution in [2.45, 2.75) is 45.0 Å². The molecule has 2 saturated heterocycles. The Morgan fingerprint density at radius 2 is 1.88 bits per heavy atom. The van der Waals surface area contributed by atoms with Gasteiger partial charge < -0.3 is 19.9 Å². The molecule has 5 atom stereocenters. The van der Waals surface area contributed by atoms with Crippen molar-refractivity contribution in [2.75, 3.05) is 12.1 Å². The lowest BCUT2D eigenvalue weighted by Crippen LogP contribution is -2.54. The fourth-order valence-corrected chi connectivity index (χ4v) is 5.90. The lowest BCUT2D eigenvalue weighted by atomic mass is 9.76. The number of aliphatic hydroxyl groups is 1. The second-order valence-electron chi connectivity index (χ2n) is 9.56. The SMILES string of the molecule is Cc1ccc2c(c1C)NC(=O)[C@]21N[C@@H]([C@@H](C)O)[C@H]2C(=O)N(Cc3ccc4c(c3)OCO4)C(=O)[C@@H]21. The number of nitrogens with zero attached hydrogens (tertiary/aromatic N) is 1. The first-order chi connectivity index (χ1) is 16.2. The van der Waals surface area contributed by atoms with Gasteiger partial charge in [0.05, 0.1) is 24.5 Å². The lowest BCUT2D eigenvalue weighted by Gasteiger charge is -2.30. The number of benzene rings is 2. The van der Waals surface area contributed by atoms with Gasteiger partial charge in [-0.15, -0.1) is 0 Å². The number of fused-ring (bicyclic) bond motifs is 5. The first-order valence-corrected chi connectivity index (χ1v) is 11.4. The Bertz CT molecular complexity index is 1270. The van der Waals surface area contributed by atoms with Gasteiger partial charge in [-0.3, -0.25) is 24.6 Å². The van der Waals surface area contributed by atoms with Gasteiger partial charge in [0.2, 0.25) is 24.5 Å². The van der Waals surface area contributed by atoms with Gasteiger partial charge in [0.1, 0.15) is 5.54 Å². The Balaban J connectivity index is 1.43. The molecule has 0 radical (unpaired) electrons. The molecule has 0 unspecified atom stereocenters. The van der Waals surface area contributed by atoms with Crippen LogP contribution >= 0.6 is 0 Å². The summed E-state index contributed by atoms with van der Waals surface area (Å²) in [6, 6.07) is 8.28. The average Bonchev–Trinajstić information content (AvgIpc) is 3.53. The molecule has 4 aliphatic rings. The number of rotatable bonds is 3. The van der Waals surface area contributed by atoms with Crippen LogP contribution in [0.15, 0.2) is 30.3 Å². The average molecular weight is 463 g/mol. The molecule has 9 nitrogen and oxygen atoms in total. The zero-order valence-electron chi connectivity index (χ0n) is 19.0. The van der Waals surface area contributed by atoms with Gasteiger partial charge in [0, 0.05) is 17.3 Å². The minimum absolute atomic E-state index is 0.0469. The van der Waals surface area contributed by atoms with Crippen LogP contribution in [0.1, 0.15) is 29.2 Å². The predicted molar refractivity (Wildman–Crippen MR) is 120 cm³/mol. The van der Waals surface area contributed by atoms with Crippen LogP contribution in [0.2, 0.25) is 0 Å². The zero-order chi connectivity index (χ0) is 23.9. The number of anilines is 1. The van der Waals surface area contributed by atoms with E-state index in [4.69, 9.17) is 9.47 Å². The van der Waals surface area contributed by atoms with Crippen molar-refractivity contribution in [2.24, 2.45) is 11.8 Å². The number of hydrogen-bond donors (Lipinski definition) is 3. The Hall–Kier alpha value is -3.43. The minimum atomic E-state index is -1.42. The number of imide groups is 1. The maximum Gasteiger partial charge on any atom is 0.250 e. The minimum Gasteiger partial charge on any atom is -0.454 e. The topological polar surface area (TPSA) is 117 Å². The molecule has 34 heavy (non-hydrogen) atoms. The van der Waals surface area contributed by atoms with E-state index in [0.717, 1.165) is 11.1 Å². The van der Waals surface area contributed by atoms with Crippen molar-refractivity contribution in [1.29, 1.82) is 0 Å². The number of aryl methyl sites for hydroxylation is 1. The lowest BCUT2D eigenvalue weighted by molar-refractivity contribution is -0.143. The molecule has 3 amide bonds. The molecule has 2 aromatic carbocycles. The molecule has 176 valence electrons. The second kappa shape index (κ2) is 7.04. The molecule has 1 spiro atoms. The summed E-state index contributed by atoms with van der Waals surface area (Å²) in [6.45, 7) is 5.61. The Kier molecular flexibility index (Phi) is 4.37. The fourth-order valence-electron chi connectivity index (χ4n) is 5.90. The van der Waals surface area contributed by atoms with E-state index in [-0.39, 0.29) is 19.2 Å². The first-order valence-electron chi connectivity index (χ1n) is 11.4. The largest absolute Gasteiger partial charge is 0.454 e. The van der Waals surface area contributed by atoms with Crippen LogP contribution in [0.25, 0.3) is 0 Å². The van der Waals surface area contributed by atoms with Gasteiger partial charge in [-0.25, -0.2) is 0 Å². The Morgan fingerprint density at radius 3 is 2.65 bits per heavy atom. The van der Waals surface area contributed by atoms with Gasteiger partial charge in [0.15, 0.2) is 11.5 Å². The van der Waals surface area contributed by atoms with Gasteiger partial charge in [-0.2, -0.15) is 0 Å². The number of carbonyl (C=O) groups excluding carboxylic acids is 3. The van der Waals surface area contributed by atoms with Crippen molar-refractivity contribution in [3.05, 3.63) is 52.6 Å². The van der Waals surface area contributed by atoms with Crippen molar-refractivity contribution in [3.63, 3.8) is 0 Å². The van der Waals surface area contributed by atoms with Crippen LogP contribution in [0.4, 0.5) is 5.69 Å². The number of carbonyl (C=O) groups is 3. The number of hydrogen-bond acceptors (Lipinski definition) is 7. The quantitative estimate of drug-likeness (QED) is 0.588. The summed E-state index contributed by atoms with van der Waals surface area (Å²) in [5.74, 6) is -1.84. The van der Waals surface area contributed by atoms with Gasteiger partial charge in [0.25, 0.3) is 0 Å². The second-order valence-corrected chi connectivity index (χ2v) is 9.56. The summed E-state index contributed by atoms with van der Waals surface area (Å²) < 4.78 is 10.8. The van der Waals surface area contributed by atoms with Gasteiger partial charge >= 0.3 is 0 Å². The monoisotopic (exact) mass is 463 g/mol. The van der Waals surface area contributed by atoms with E-state index in [9.17, 15) is 19.5 Å². The number of ether oxygens (including phenoxy) is 2. The van der Waals surface area contributed by atoms with Crippen molar-refractivity contribution in [3.8, 4) is 11.5 Å². The van der Waals surface area contributed by atoms with E-state index >= 15 is 0 Å². The molecule has 2 aromatic rings. The highest BCUT2D eigenvalue weighted by atomic mass is 16.7. The van der Waals surface area contributed by atoms with Crippen molar-refractivity contribution >= 4 is 23.4 Å². The zero-order valence-corrected chi connectivity index (χ0v) is 19.0. The summed E-state index contributed by atoms with van der Waals surface area (Å²) in [7, 11) is 0. The van der Waals surface area contributed by atoms with E-state index in [0.29, 0.717) is 28.3 Å². The molecule has 0 bridgehead atoms. The number of nitrogens with one attached hydrogen (secondary N) is 2. The highest BCUT2D eigenvalue weighted by molar-refractivity contribution is 6.15. The van der Waals surface area contributed by atoms with Crippen LogP contribution in [-0.2, 0) is 26.5 Å². The molecule has 3 N–H and O–H groups in total. The molecular formula is C25H25N3O6. The smallest absolute Gasteiger partial charge is 0.250 e. The van der Waals surface area contributed by atoms with E-state index < -0.39 is 41.3 Å². The third-order valence-corrected chi connectivity index (χ3v) is 7.74. The summed E-state index contributed by atoms with van der Waals surface area (Å²) in [5, 5.41) is 16.7. The summed E-state index contributed by atoms with van der Waals surface area (Å²) in [4.78, 5) is 42.1. The van der Waals surface area contributed by atoms with Crippen molar-refractivity contribution < 1.29 is 29.0 Å². The third-order valence-electron chi connectivity index (χ3n) is 7.74. The Morgan fingerprint density at radius 1 is 1.12 bits per heavy atom. The van der Waals surface area contributed by atoms with E-state index in [1.807, 2.05) is 26.0 Å². The van der Waals surface area contributed by atoms with Crippen LogP contribution in [0, 0.1) is 25.7 Å². The van der Waals surface area contributed by atoms with E-state index in [2.05, 4.69) is 10.6 Å². The third kappa shape index (κ3) is 2.59. The Labute approximate surface area is 196 Å². The predicted octanol–water partition coefficient (Wildman–Crippen LogP) is 1.33. The van der Waals surface area contributed by atoms with Crippen LogP contribution in [0.3, 0.4) is 0 Å². The molecule has 4 aliphatic heterocycles. The molecule has 0 aliphatic carbocycles. The molecule has 0 aromatic heterocycles. The maximum absolute atomic E-state index is 13.8. The number of likely N-dealkylation sites (tertiary alicyclic amines) is 1. The molecular weight excluding hydrogens is 438 g/mol. The fraction of sp³-hybridized carbons (Fsp3) is 0.400. The summed E-state index contributed by atoms with van der Waals surface area (Å²) in [5.41, 5.74) is 2.52. The van der Waals surface area contributed by atoms with Gasteiger partial charge in [-0.05, 0) is 49.6 Å². The van der Waals surface area contributed by atoms with Crippen LogP contribution in [0.5, 0.6) is 11.5 Å². The summed E-state index contributed by atoms with van der Waals surface area (Å²) >= 11 is 0. The highest BCUT2D eigenvalue weighted by Crippen LogP contribution is 2.54. The maximum atomic E-state index is 13.8. The number of aliphatic hydroxyl groups excluding tert-OH is 1. The van der Waals surface area contributed by atoms with E-state index in [1.54, 1.807) is 25.1 Å². The molecule has 2 fully saturated rings. The normalized spacial score (nSPS) is 29.6. The van der Waals surface area contributed by atoms with Crippen LogP contribution in [-0.4, -0.2) is 46.7 Å². The van der Waals surface area contributed by atoms with Crippen molar-refractivity contribution in [1.82, 2.24) is 10.2 Å². The molecule has 9 heteroatoms. The van der Waals surface area contributed by atoms with Crippen LogP contribution < -0.4 is 20.1 Å². The molecule has 0 saturated carbocycles.